The smallest absolute Gasteiger partial charge is 0.00100 e. The van der Waals surface area contributed by atoms with Crippen molar-refractivity contribution in [3.8, 4) is 0 Å². The molecule has 0 aliphatic carbocycles. The zero-order valence-corrected chi connectivity index (χ0v) is 17.4. The topological polar surface area (TPSA) is 3.24 Å². The minimum Gasteiger partial charge on any atom is -0.306 e. The number of rotatable bonds is 5. The van der Waals surface area contributed by atoms with Crippen LogP contribution in [-0.2, 0) is 6.42 Å². The molecule has 1 aliphatic heterocycles. The number of hydrogen-bond acceptors (Lipinski definition) is 1. The molecule has 1 fully saturated rings. The summed E-state index contributed by atoms with van der Waals surface area (Å²) in [5.41, 5.74) is 6.81. The summed E-state index contributed by atoms with van der Waals surface area (Å²) in [6, 6.07) is 13.2. The Balaban J connectivity index is 1.91. The molecule has 1 aliphatic rings. The lowest BCUT2D eigenvalue weighted by molar-refractivity contribution is 0.396. The van der Waals surface area contributed by atoms with Gasteiger partial charge in [-0.15, -0.1) is 0 Å². The minimum atomic E-state index is 0.820. The van der Waals surface area contributed by atoms with E-state index in [0.717, 1.165) is 17.6 Å². The molecular weight excluding hydrogens is 326 g/mol. The third kappa shape index (κ3) is 4.59. The van der Waals surface area contributed by atoms with Crippen LogP contribution in [0.25, 0.3) is 18.2 Å². The second kappa shape index (κ2) is 8.71. The molecule has 1 saturated heterocycles. The predicted molar refractivity (Wildman–Crippen MR) is 119 cm³/mol. The number of aryl methyl sites for hydroxylation is 2. The van der Waals surface area contributed by atoms with Crippen LogP contribution >= 0.6 is 0 Å². The zero-order chi connectivity index (χ0) is 19.4. The predicted octanol–water partition coefficient (Wildman–Crippen LogP) is 4.54. The van der Waals surface area contributed by atoms with Gasteiger partial charge in [-0.3, -0.25) is 0 Å². The summed E-state index contributed by atoms with van der Waals surface area (Å²) in [7, 11) is 2.23. The number of benzene rings is 2. The summed E-state index contributed by atoms with van der Waals surface area (Å²) < 4.78 is 0. The molecule has 3 rings (SSSR count). The Hall–Kier alpha value is -2.12. The first kappa shape index (κ1) is 19.6. The van der Waals surface area contributed by atoms with E-state index in [1.807, 2.05) is 0 Å². The second-order valence-corrected chi connectivity index (χ2v) is 8.06. The molecule has 1 nitrogen and oxygen atoms in total. The van der Waals surface area contributed by atoms with Crippen LogP contribution in [0.3, 0.4) is 0 Å². The lowest BCUT2D eigenvalue weighted by Gasteiger charge is -2.13. The van der Waals surface area contributed by atoms with Crippen LogP contribution in [0, 0.1) is 12.8 Å². The molecule has 142 valence electrons. The molecule has 0 saturated carbocycles. The summed E-state index contributed by atoms with van der Waals surface area (Å²) in [4.78, 5) is 2.44. The van der Waals surface area contributed by atoms with Gasteiger partial charge in [0.25, 0.3) is 0 Å². The first-order valence-corrected chi connectivity index (χ1v) is 10.2. The quantitative estimate of drug-likeness (QED) is 0.757. The Morgan fingerprint density at radius 2 is 2.04 bits per heavy atom. The molecule has 0 radical (unpaired) electrons. The van der Waals surface area contributed by atoms with E-state index >= 15 is 0 Å². The van der Waals surface area contributed by atoms with Crippen molar-refractivity contribution in [2.75, 3.05) is 20.1 Å². The standard InChI is InChI=1S/C26H33N/c1-6-23-17-26(21(4)25-13-8-7-10-19(25)2)20(3)16-24(23)12-9-11-22-14-15-27(5)18-22/h7-10,12-13,16-17,22H,2,6,11,14-15,18H2,1,3-5H3/b12-9-,25-21-. The average molecular weight is 360 g/mol. The van der Waals surface area contributed by atoms with Gasteiger partial charge in [0, 0.05) is 6.54 Å². The number of likely N-dealkylation sites (tertiary alicyclic amines) is 1. The van der Waals surface area contributed by atoms with E-state index in [2.05, 4.69) is 87.8 Å². The number of allylic oxidation sites excluding steroid dienone is 1. The summed E-state index contributed by atoms with van der Waals surface area (Å²) in [6.45, 7) is 13.4. The van der Waals surface area contributed by atoms with E-state index in [4.69, 9.17) is 0 Å². The Morgan fingerprint density at radius 3 is 2.70 bits per heavy atom. The molecule has 0 amide bonds. The summed E-state index contributed by atoms with van der Waals surface area (Å²) in [5, 5.41) is 2.34. The zero-order valence-electron chi connectivity index (χ0n) is 17.4. The van der Waals surface area contributed by atoms with Crippen LogP contribution in [-0.4, -0.2) is 25.0 Å². The highest BCUT2D eigenvalue weighted by Gasteiger charge is 2.17. The SMILES string of the molecule is C=c1cccc/c1=C(\C)c1cc(CC)c(/C=C\CC2CCN(C)C2)cc1C. The molecule has 0 spiro atoms. The van der Waals surface area contributed by atoms with Crippen molar-refractivity contribution in [1.82, 2.24) is 4.90 Å². The number of nitrogens with zero attached hydrogens (tertiary/aromatic N) is 1. The van der Waals surface area contributed by atoms with Crippen LogP contribution < -0.4 is 10.4 Å². The van der Waals surface area contributed by atoms with Crippen molar-refractivity contribution in [2.24, 2.45) is 5.92 Å². The molecule has 0 aromatic heterocycles. The van der Waals surface area contributed by atoms with Crippen LogP contribution in [0.15, 0.2) is 42.5 Å². The van der Waals surface area contributed by atoms with Crippen LogP contribution in [0.1, 0.15) is 48.9 Å². The van der Waals surface area contributed by atoms with Gasteiger partial charge in [-0.25, -0.2) is 0 Å². The molecule has 1 unspecified atom stereocenters. The maximum atomic E-state index is 4.20. The fourth-order valence-corrected chi connectivity index (χ4v) is 4.28. The monoisotopic (exact) mass is 359 g/mol. The normalized spacial score (nSPS) is 19.0. The van der Waals surface area contributed by atoms with Crippen molar-refractivity contribution in [2.45, 2.75) is 40.0 Å². The van der Waals surface area contributed by atoms with E-state index in [1.54, 1.807) is 0 Å². The fourth-order valence-electron chi connectivity index (χ4n) is 4.28. The molecule has 1 heterocycles. The van der Waals surface area contributed by atoms with Crippen molar-refractivity contribution in [3.05, 3.63) is 75.2 Å². The molecular formula is C26H33N. The van der Waals surface area contributed by atoms with Crippen LogP contribution in [0.2, 0.25) is 0 Å². The maximum Gasteiger partial charge on any atom is 0.00100 e. The Labute approximate surface area is 164 Å². The maximum absolute atomic E-state index is 4.20. The first-order valence-electron chi connectivity index (χ1n) is 10.2. The fraction of sp³-hybridized carbons (Fsp3) is 0.385. The summed E-state index contributed by atoms with van der Waals surface area (Å²) >= 11 is 0. The van der Waals surface area contributed by atoms with Gasteiger partial charge in [-0.1, -0.05) is 62.1 Å². The van der Waals surface area contributed by atoms with Crippen molar-refractivity contribution < 1.29 is 0 Å². The molecule has 0 N–H and O–H groups in total. The van der Waals surface area contributed by atoms with E-state index in [0.29, 0.717) is 0 Å². The molecule has 1 atom stereocenters. The molecule has 27 heavy (non-hydrogen) atoms. The highest BCUT2D eigenvalue weighted by atomic mass is 15.1. The number of hydrogen-bond donors (Lipinski definition) is 0. The third-order valence-corrected chi connectivity index (χ3v) is 5.95. The van der Waals surface area contributed by atoms with Gasteiger partial charge in [0.2, 0.25) is 0 Å². The van der Waals surface area contributed by atoms with E-state index in [9.17, 15) is 0 Å². The van der Waals surface area contributed by atoms with Gasteiger partial charge >= 0.3 is 0 Å². The van der Waals surface area contributed by atoms with Crippen molar-refractivity contribution >= 4 is 18.2 Å². The van der Waals surface area contributed by atoms with Gasteiger partial charge in [-0.2, -0.15) is 0 Å². The molecule has 0 bridgehead atoms. The molecule has 2 aromatic rings. The van der Waals surface area contributed by atoms with Gasteiger partial charge in [-0.05, 0) is 90.9 Å². The second-order valence-electron chi connectivity index (χ2n) is 8.06. The van der Waals surface area contributed by atoms with Gasteiger partial charge < -0.3 is 4.90 Å². The molecule has 2 aromatic carbocycles. The lowest BCUT2D eigenvalue weighted by atomic mass is 9.92. The summed E-state index contributed by atoms with van der Waals surface area (Å²) in [5.74, 6) is 0.820. The average Bonchev–Trinajstić information content (AvgIpc) is 3.07. The Bertz CT molecular complexity index is 935. The highest BCUT2D eigenvalue weighted by molar-refractivity contribution is 5.70. The van der Waals surface area contributed by atoms with Crippen LogP contribution in [0.5, 0.6) is 0 Å². The van der Waals surface area contributed by atoms with Crippen LogP contribution in [0.4, 0.5) is 0 Å². The lowest BCUT2D eigenvalue weighted by Crippen LogP contribution is -2.24. The van der Waals surface area contributed by atoms with Gasteiger partial charge in [0.05, 0.1) is 0 Å². The van der Waals surface area contributed by atoms with Gasteiger partial charge in [0.15, 0.2) is 0 Å². The van der Waals surface area contributed by atoms with E-state index < -0.39 is 0 Å². The van der Waals surface area contributed by atoms with Gasteiger partial charge in [0.1, 0.15) is 0 Å². The first-order chi connectivity index (χ1) is 13.0. The largest absolute Gasteiger partial charge is 0.306 e. The van der Waals surface area contributed by atoms with E-state index in [-0.39, 0.29) is 0 Å². The van der Waals surface area contributed by atoms with Crippen molar-refractivity contribution in [1.29, 1.82) is 0 Å². The Morgan fingerprint density at radius 1 is 1.26 bits per heavy atom. The minimum absolute atomic E-state index is 0.820. The third-order valence-electron chi connectivity index (χ3n) is 5.95. The summed E-state index contributed by atoms with van der Waals surface area (Å²) in [6.07, 6.45) is 8.31. The Kier molecular flexibility index (Phi) is 6.34. The van der Waals surface area contributed by atoms with E-state index in [1.165, 1.54) is 59.0 Å². The highest BCUT2D eigenvalue weighted by Crippen LogP contribution is 2.24. The molecule has 1 heteroatoms. The van der Waals surface area contributed by atoms with Crippen molar-refractivity contribution in [3.63, 3.8) is 0 Å².